The summed E-state index contributed by atoms with van der Waals surface area (Å²) >= 11 is 0. The van der Waals surface area contributed by atoms with Gasteiger partial charge in [0.15, 0.2) is 0 Å². The summed E-state index contributed by atoms with van der Waals surface area (Å²) in [5.41, 5.74) is 0.332. The van der Waals surface area contributed by atoms with Gasteiger partial charge in [-0.2, -0.15) is 0 Å². The SMILES string of the molecule is C=C(C)C(=O)OCCOC(=O)CCN1CCOCC1. The second-order valence-corrected chi connectivity index (χ2v) is 4.34. The maximum absolute atomic E-state index is 11.4. The predicted molar refractivity (Wildman–Crippen MR) is 68.6 cm³/mol. The Morgan fingerprint density at radius 3 is 2.47 bits per heavy atom. The number of carbonyl (C=O) groups is 2. The molecule has 108 valence electrons. The molecule has 0 amide bonds. The van der Waals surface area contributed by atoms with Gasteiger partial charge < -0.3 is 14.2 Å². The van der Waals surface area contributed by atoms with E-state index < -0.39 is 5.97 Å². The lowest BCUT2D eigenvalue weighted by Crippen LogP contribution is -2.37. The van der Waals surface area contributed by atoms with Crippen molar-refractivity contribution in [3.8, 4) is 0 Å². The van der Waals surface area contributed by atoms with Crippen LogP contribution in [0.15, 0.2) is 12.2 Å². The second-order valence-electron chi connectivity index (χ2n) is 4.34. The minimum atomic E-state index is -0.468. The number of rotatable bonds is 7. The zero-order chi connectivity index (χ0) is 14.1. The quantitative estimate of drug-likeness (QED) is 0.379. The van der Waals surface area contributed by atoms with Gasteiger partial charge in [-0.3, -0.25) is 9.69 Å². The Bertz CT molecular complexity index is 323. The van der Waals surface area contributed by atoms with E-state index >= 15 is 0 Å². The Labute approximate surface area is 113 Å². The molecule has 0 unspecified atom stereocenters. The van der Waals surface area contributed by atoms with E-state index in [1.54, 1.807) is 6.92 Å². The van der Waals surface area contributed by atoms with Gasteiger partial charge in [-0.25, -0.2) is 4.79 Å². The predicted octanol–water partition coefficient (Wildman–Crippen LogP) is 0.371. The van der Waals surface area contributed by atoms with Crippen LogP contribution in [-0.4, -0.2) is 62.9 Å². The van der Waals surface area contributed by atoms with Crippen molar-refractivity contribution in [2.24, 2.45) is 0 Å². The summed E-state index contributed by atoms with van der Waals surface area (Å²) in [6.45, 7) is 8.97. The third-order valence-corrected chi connectivity index (χ3v) is 2.66. The van der Waals surface area contributed by atoms with Crippen molar-refractivity contribution in [2.45, 2.75) is 13.3 Å². The van der Waals surface area contributed by atoms with Crippen LogP contribution in [0, 0.1) is 0 Å². The van der Waals surface area contributed by atoms with Crippen LogP contribution in [0.1, 0.15) is 13.3 Å². The first-order valence-electron chi connectivity index (χ1n) is 6.38. The van der Waals surface area contributed by atoms with E-state index in [4.69, 9.17) is 14.2 Å². The lowest BCUT2D eigenvalue weighted by atomic mass is 10.3. The summed E-state index contributed by atoms with van der Waals surface area (Å²) < 4.78 is 15.0. The summed E-state index contributed by atoms with van der Waals surface area (Å²) in [6.07, 6.45) is 0.342. The van der Waals surface area contributed by atoms with Gasteiger partial charge in [-0.05, 0) is 6.92 Å². The lowest BCUT2D eigenvalue weighted by Gasteiger charge is -2.25. The highest BCUT2D eigenvalue weighted by molar-refractivity contribution is 5.86. The number of hydrogen-bond acceptors (Lipinski definition) is 6. The highest BCUT2D eigenvalue weighted by Crippen LogP contribution is 1.99. The fourth-order valence-corrected chi connectivity index (χ4v) is 1.56. The number of morpholine rings is 1. The molecule has 0 N–H and O–H groups in total. The van der Waals surface area contributed by atoms with Crippen molar-refractivity contribution in [2.75, 3.05) is 46.1 Å². The van der Waals surface area contributed by atoms with Crippen molar-refractivity contribution >= 4 is 11.9 Å². The van der Waals surface area contributed by atoms with E-state index in [1.165, 1.54) is 0 Å². The van der Waals surface area contributed by atoms with Crippen LogP contribution in [0.5, 0.6) is 0 Å². The number of esters is 2. The molecule has 1 saturated heterocycles. The Kier molecular flexibility index (Phi) is 7.14. The number of nitrogens with zero attached hydrogens (tertiary/aromatic N) is 1. The normalized spacial score (nSPS) is 15.8. The molecular weight excluding hydrogens is 250 g/mol. The molecule has 0 radical (unpaired) electrons. The first-order chi connectivity index (χ1) is 9.09. The highest BCUT2D eigenvalue weighted by atomic mass is 16.6. The monoisotopic (exact) mass is 271 g/mol. The Morgan fingerprint density at radius 2 is 1.84 bits per heavy atom. The fraction of sp³-hybridized carbons (Fsp3) is 0.692. The van der Waals surface area contributed by atoms with E-state index in [0.717, 1.165) is 13.1 Å². The number of hydrogen-bond donors (Lipinski definition) is 0. The van der Waals surface area contributed by atoms with Crippen LogP contribution < -0.4 is 0 Å². The Hall–Kier alpha value is -1.40. The molecule has 0 bridgehead atoms. The first-order valence-corrected chi connectivity index (χ1v) is 6.38. The summed E-state index contributed by atoms with van der Waals surface area (Å²) in [5, 5.41) is 0. The third-order valence-electron chi connectivity index (χ3n) is 2.66. The van der Waals surface area contributed by atoms with Crippen LogP contribution in [0.4, 0.5) is 0 Å². The lowest BCUT2D eigenvalue weighted by molar-refractivity contribution is -0.150. The molecular formula is C13H21NO5. The molecule has 0 atom stereocenters. The van der Waals surface area contributed by atoms with E-state index in [2.05, 4.69) is 11.5 Å². The van der Waals surface area contributed by atoms with Gasteiger partial charge in [0.1, 0.15) is 13.2 Å². The molecule has 0 spiro atoms. The van der Waals surface area contributed by atoms with Gasteiger partial charge in [0, 0.05) is 25.2 Å². The molecule has 1 rings (SSSR count). The largest absolute Gasteiger partial charge is 0.462 e. The molecule has 1 aliphatic rings. The summed E-state index contributed by atoms with van der Waals surface area (Å²) in [6, 6.07) is 0. The van der Waals surface area contributed by atoms with Gasteiger partial charge in [0.05, 0.1) is 19.6 Å². The molecule has 1 heterocycles. The molecule has 1 fully saturated rings. The molecule has 0 aromatic heterocycles. The molecule has 6 heteroatoms. The Morgan fingerprint density at radius 1 is 1.21 bits per heavy atom. The maximum atomic E-state index is 11.4. The minimum absolute atomic E-state index is 0.0645. The molecule has 0 aromatic carbocycles. The van der Waals surface area contributed by atoms with Gasteiger partial charge in [-0.15, -0.1) is 0 Å². The summed E-state index contributed by atoms with van der Waals surface area (Å²) in [4.78, 5) is 24.6. The standard InChI is InChI=1S/C13H21NO5/c1-11(2)13(16)19-10-9-18-12(15)3-4-14-5-7-17-8-6-14/h1,3-10H2,2H3. The summed E-state index contributed by atoms with van der Waals surface area (Å²) in [5.74, 6) is -0.748. The smallest absolute Gasteiger partial charge is 0.333 e. The van der Waals surface area contributed by atoms with E-state index in [1.807, 2.05) is 0 Å². The van der Waals surface area contributed by atoms with Gasteiger partial charge in [-0.1, -0.05) is 6.58 Å². The maximum Gasteiger partial charge on any atom is 0.333 e. The molecule has 0 aliphatic carbocycles. The molecule has 6 nitrogen and oxygen atoms in total. The average Bonchev–Trinajstić information content (AvgIpc) is 2.42. The number of carbonyl (C=O) groups excluding carboxylic acids is 2. The van der Waals surface area contributed by atoms with Crippen LogP contribution >= 0.6 is 0 Å². The van der Waals surface area contributed by atoms with Crippen LogP contribution in [0.25, 0.3) is 0 Å². The van der Waals surface area contributed by atoms with E-state index in [-0.39, 0.29) is 19.2 Å². The van der Waals surface area contributed by atoms with Crippen molar-refractivity contribution in [3.05, 3.63) is 12.2 Å². The second kappa shape index (κ2) is 8.66. The van der Waals surface area contributed by atoms with Gasteiger partial charge in [0.2, 0.25) is 0 Å². The van der Waals surface area contributed by atoms with Crippen molar-refractivity contribution in [3.63, 3.8) is 0 Å². The first kappa shape index (κ1) is 15.7. The molecule has 0 aromatic rings. The number of ether oxygens (including phenoxy) is 3. The zero-order valence-electron chi connectivity index (χ0n) is 11.4. The zero-order valence-corrected chi connectivity index (χ0v) is 11.4. The summed E-state index contributed by atoms with van der Waals surface area (Å²) in [7, 11) is 0. The van der Waals surface area contributed by atoms with Crippen molar-refractivity contribution in [1.82, 2.24) is 4.90 Å². The molecule has 0 saturated carbocycles. The molecule has 1 aliphatic heterocycles. The average molecular weight is 271 g/mol. The van der Waals surface area contributed by atoms with Crippen LogP contribution in [-0.2, 0) is 23.8 Å². The Balaban J connectivity index is 2.01. The van der Waals surface area contributed by atoms with E-state index in [0.29, 0.717) is 31.8 Å². The topological polar surface area (TPSA) is 65.1 Å². The van der Waals surface area contributed by atoms with Crippen molar-refractivity contribution in [1.29, 1.82) is 0 Å². The van der Waals surface area contributed by atoms with Crippen LogP contribution in [0.2, 0.25) is 0 Å². The van der Waals surface area contributed by atoms with E-state index in [9.17, 15) is 9.59 Å². The minimum Gasteiger partial charge on any atom is -0.462 e. The molecule has 19 heavy (non-hydrogen) atoms. The van der Waals surface area contributed by atoms with Gasteiger partial charge >= 0.3 is 11.9 Å². The highest BCUT2D eigenvalue weighted by Gasteiger charge is 2.12. The van der Waals surface area contributed by atoms with Crippen LogP contribution in [0.3, 0.4) is 0 Å². The fourth-order valence-electron chi connectivity index (χ4n) is 1.56. The van der Waals surface area contributed by atoms with Gasteiger partial charge in [0.25, 0.3) is 0 Å². The van der Waals surface area contributed by atoms with Crippen molar-refractivity contribution < 1.29 is 23.8 Å². The third kappa shape index (κ3) is 6.93.